The van der Waals surface area contributed by atoms with E-state index in [1.165, 1.54) is 53.1 Å². The topological polar surface area (TPSA) is 69.9 Å². The number of fused-ring (bicyclic) bond motifs is 12. The second kappa shape index (κ2) is 15.2. The predicted molar refractivity (Wildman–Crippen MR) is 289 cm³/mol. The molecule has 0 bridgehead atoms. The molecule has 0 fully saturated rings. The molecule has 0 radical (unpaired) electrons. The van der Waals surface area contributed by atoms with Crippen molar-refractivity contribution in [2.45, 2.75) is 0 Å². The van der Waals surface area contributed by atoms with E-state index < -0.39 is 0 Å². The van der Waals surface area contributed by atoms with Crippen molar-refractivity contribution in [3.05, 3.63) is 218 Å². The van der Waals surface area contributed by atoms with Crippen molar-refractivity contribution in [3.8, 4) is 62.1 Å². The lowest BCUT2D eigenvalue weighted by Gasteiger charge is -2.09. The predicted octanol–water partition coefficient (Wildman–Crippen LogP) is 17.5. The Morgan fingerprint density at radius 1 is 0.314 bits per heavy atom. The molecule has 0 aliphatic carbocycles. The van der Waals surface area contributed by atoms with E-state index in [-0.39, 0.29) is 0 Å². The first-order valence-electron chi connectivity index (χ1n) is 23.4. The van der Waals surface area contributed by atoms with Gasteiger partial charge in [0, 0.05) is 74.9 Å². The maximum absolute atomic E-state index is 6.57. The van der Waals surface area contributed by atoms with E-state index >= 15 is 0 Å². The SMILES string of the molecule is c1ccc(-c2nc(-c3ccc4c(c3)oc3ccccc34)nc(-c3cccc4oc5ccc(-c6ccc7sc8ccc(-c9ccc%10c(c9)c9ccccc9n%10-c9ccccc9)cc8c7c6)cc5c34)n2)cc1. The number of para-hydroxylation sites is 3. The summed E-state index contributed by atoms with van der Waals surface area (Å²) < 4.78 is 17.8. The largest absolute Gasteiger partial charge is 0.456 e. The Kier molecular flexibility index (Phi) is 8.43. The molecule has 70 heavy (non-hydrogen) atoms. The van der Waals surface area contributed by atoms with Gasteiger partial charge in [0.2, 0.25) is 0 Å². The Morgan fingerprint density at radius 2 is 0.857 bits per heavy atom. The van der Waals surface area contributed by atoms with Crippen LogP contribution in [0.1, 0.15) is 0 Å². The van der Waals surface area contributed by atoms with Gasteiger partial charge in [-0.3, -0.25) is 0 Å². The minimum atomic E-state index is 0.562. The highest BCUT2D eigenvalue weighted by atomic mass is 32.1. The van der Waals surface area contributed by atoms with Crippen LogP contribution in [0, 0.1) is 0 Å². The van der Waals surface area contributed by atoms with Crippen LogP contribution in [0.4, 0.5) is 0 Å². The summed E-state index contributed by atoms with van der Waals surface area (Å²) in [6, 6.07) is 77.0. The van der Waals surface area contributed by atoms with Gasteiger partial charge in [-0.2, -0.15) is 0 Å². The van der Waals surface area contributed by atoms with Gasteiger partial charge in [-0.25, -0.2) is 15.0 Å². The highest BCUT2D eigenvalue weighted by Crippen LogP contribution is 2.43. The molecule has 15 aromatic rings. The highest BCUT2D eigenvalue weighted by Gasteiger charge is 2.20. The monoisotopic (exact) mass is 912 g/mol. The zero-order valence-corrected chi connectivity index (χ0v) is 38.1. The number of aromatic nitrogens is 4. The number of thiophene rings is 1. The molecular formula is C63H36N4O2S. The lowest BCUT2D eigenvalue weighted by molar-refractivity contribution is 0.668. The van der Waals surface area contributed by atoms with E-state index in [2.05, 4.69) is 156 Å². The Bertz CT molecular complexity index is 4600. The van der Waals surface area contributed by atoms with E-state index in [4.69, 9.17) is 23.8 Å². The van der Waals surface area contributed by atoms with E-state index in [1.54, 1.807) is 0 Å². The maximum Gasteiger partial charge on any atom is 0.164 e. The summed E-state index contributed by atoms with van der Waals surface area (Å²) in [5.74, 6) is 1.72. The molecule has 0 amide bonds. The first-order valence-corrected chi connectivity index (χ1v) is 24.2. The third-order valence-electron chi connectivity index (χ3n) is 13.9. The fraction of sp³-hybridized carbons (Fsp3) is 0. The van der Waals surface area contributed by atoms with Crippen LogP contribution < -0.4 is 0 Å². The molecule has 6 nitrogen and oxygen atoms in total. The van der Waals surface area contributed by atoms with Gasteiger partial charge in [0.05, 0.1) is 11.0 Å². The van der Waals surface area contributed by atoms with Gasteiger partial charge in [-0.1, -0.05) is 127 Å². The number of hydrogen-bond acceptors (Lipinski definition) is 6. The van der Waals surface area contributed by atoms with Crippen LogP contribution >= 0.6 is 11.3 Å². The number of rotatable bonds is 6. The third kappa shape index (κ3) is 6.08. The standard InChI is InChI=1S/C63H36N4O2S/c1-3-12-37(13-4-1)61-64-62(42-22-27-46-45-17-8-10-20-54(45)69-57(46)36-42)66-63(65-61)47-18-11-21-56-60(47)51-35-39(24-29-55(51)68-56)41-26-31-59-50(34-41)49-33-40(25-30-58(49)70-59)38-23-28-53-48(32-38)44-16-7-9-19-52(44)67(53)43-14-5-2-6-15-43/h1-36H. The molecule has 0 N–H and O–H groups in total. The van der Waals surface area contributed by atoms with Crippen LogP contribution in [0.15, 0.2) is 227 Å². The Balaban J connectivity index is 0.844. The molecule has 0 saturated carbocycles. The molecule has 0 aliphatic rings. The highest BCUT2D eigenvalue weighted by molar-refractivity contribution is 7.25. The van der Waals surface area contributed by atoms with Gasteiger partial charge in [0.25, 0.3) is 0 Å². The first-order chi connectivity index (χ1) is 34.6. The molecule has 0 unspecified atom stereocenters. The minimum absolute atomic E-state index is 0.562. The summed E-state index contributed by atoms with van der Waals surface area (Å²) in [5, 5.41) is 9.07. The summed E-state index contributed by atoms with van der Waals surface area (Å²) in [7, 11) is 0. The van der Waals surface area contributed by atoms with Gasteiger partial charge < -0.3 is 13.4 Å². The molecule has 10 aromatic carbocycles. The number of hydrogen-bond donors (Lipinski definition) is 0. The smallest absolute Gasteiger partial charge is 0.164 e. The zero-order chi connectivity index (χ0) is 45.9. The molecule has 0 aliphatic heterocycles. The molecule has 7 heteroatoms. The van der Waals surface area contributed by atoms with Crippen LogP contribution in [0.5, 0.6) is 0 Å². The van der Waals surface area contributed by atoms with Crippen LogP contribution in [0.3, 0.4) is 0 Å². The Labute approximate surface area is 404 Å². The third-order valence-corrected chi connectivity index (χ3v) is 15.0. The first kappa shape index (κ1) is 38.9. The summed E-state index contributed by atoms with van der Waals surface area (Å²) in [5.41, 5.74) is 14.0. The van der Waals surface area contributed by atoms with E-state index in [0.717, 1.165) is 77.4 Å². The van der Waals surface area contributed by atoms with Gasteiger partial charge in [-0.15, -0.1) is 11.3 Å². The molecule has 0 spiro atoms. The van der Waals surface area contributed by atoms with Crippen molar-refractivity contribution in [2.24, 2.45) is 0 Å². The molecule has 5 aromatic heterocycles. The van der Waals surface area contributed by atoms with Gasteiger partial charge in [0.1, 0.15) is 22.3 Å². The second-order valence-electron chi connectivity index (χ2n) is 17.9. The second-order valence-corrected chi connectivity index (χ2v) is 19.0. The van der Waals surface area contributed by atoms with Gasteiger partial charge in [-0.05, 0) is 113 Å². The van der Waals surface area contributed by atoms with E-state index in [1.807, 2.05) is 78.1 Å². The summed E-state index contributed by atoms with van der Waals surface area (Å²) in [6.07, 6.45) is 0. The van der Waals surface area contributed by atoms with Crippen LogP contribution in [0.25, 0.3) is 148 Å². The fourth-order valence-electron chi connectivity index (χ4n) is 10.5. The van der Waals surface area contributed by atoms with Crippen molar-refractivity contribution in [3.63, 3.8) is 0 Å². The van der Waals surface area contributed by atoms with Crippen molar-refractivity contribution in [1.82, 2.24) is 19.5 Å². The van der Waals surface area contributed by atoms with E-state index in [0.29, 0.717) is 17.5 Å². The minimum Gasteiger partial charge on any atom is -0.456 e. The van der Waals surface area contributed by atoms with Crippen LogP contribution in [-0.2, 0) is 0 Å². The lowest BCUT2D eigenvalue weighted by atomic mass is 9.98. The average Bonchev–Trinajstić information content (AvgIpc) is 4.19. The van der Waals surface area contributed by atoms with Crippen molar-refractivity contribution >= 4 is 97.2 Å². The van der Waals surface area contributed by atoms with Crippen LogP contribution in [0.2, 0.25) is 0 Å². The summed E-state index contributed by atoms with van der Waals surface area (Å²) in [6.45, 7) is 0. The number of benzene rings is 10. The number of nitrogens with zero attached hydrogens (tertiary/aromatic N) is 4. The molecular weight excluding hydrogens is 877 g/mol. The Hall–Kier alpha value is -9.17. The lowest BCUT2D eigenvalue weighted by Crippen LogP contribution is -2.00. The summed E-state index contributed by atoms with van der Waals surface area (Å²) in [4.78, 5) is 15.4. The van der Waals surface area contributed by atoms with E-state index in [9.17, 15) is 0 Å². The average molecular weight is 913 g/mol. The quantitative estimate of drug-likeness (QED) is 0.166. The maximum atomic E-state index is 6.57. The molecule has 0 saturated heterocycles. The Morgan fingerprint density at radius 3 is 1.64 bits per heavy atom. The van der Waals surface area contributed by atoms with Gasteiger partial charge in [0.15, 0.2) is 17.5 Å². The molecule has 5 heterocycles. The number of furan rings is 2. The molecule has 15 rings (SSSR count). The zero-order valence-electron chi connectivity index (χ0n) is 37.3. The van der Waals surface area contributed by atoms with Gasteiger partial charge >= 0.3 is 0 Å². The van der Waals surface area contributed by atoms with Crippen LogP contribution in [-0.4, -0.2) is 19.5 Å². The fourth-order valence-corrected chi connectivity index (χ4v) is 11.6. The summed E-state index contributed by atoms with van der Waals surface area (Å²) >= 11 is 1.84. The normalized spacial score (nSPS) is 12.0. The van der Waals surface area contributed by atoms with Crippen molar-refractivity contribution in [2.75, 3.05) is 0 Å². The molecule has 326 valence electrons. The van der Waals surface area contributed by atoms with Crippen molar-refractivity contribution in [1.29, 1.82) is 0 Å². The van der Waals surface area contributed by atoms with Crippen molar-refractivity contribution < 1.29 is 8.83 Å². The molecule has 0 atom stereocenters.